The number of rotatable bonds is 2. The van der Waals surface area contributed by atoms with E-state index in [0.29, 0.717) is 11.3 Å². The first kappa shape index (κ1) is 15.0. The number of terminal acetylenes is 1. The van der Waals surface area contributed by atoms with Gasteiger partial charge in [0.25, 0.3) is 5.56 Å². The van der Waals surface area contributed by atoms with Gasteiger partial charge in [-0.15, -0.1) is 6.42 Å². The van der Waals surface area contributed by atoms with Crippen molar-refractivity contribution >= 4 is 0 Å². The lowest BCUT2D eigenvalue weighted by atomic mass is 10.1. The van der Waals surface area contributed by atoms with Crippen molar-refractivity contribution in [3.8, 4) is 18.0 Å². The predicted octanol–water partition coefficient (Wildman–Crippen LogP) is 2.91. The summed E-state index contributed by atoms with van der Waals surface area (Å²) in [5.74, 6) is 2.25. The zero-order valence-electron chi connectivity index (χ0n) is 11.5. The third kappa shape index (κ3) is 2.72. The van der Waals surface area contributed by atoms with Gasteiger partial charge in [-0.1, -0.05) is 23.6 Å². The summed E-state index contributed by atoms with van der Waals surface area (Å²) in [6, 6.07) is 5.14. The maximum atomic E-state index is 12.9. The average Bonchev–Trinajstić information content (AvgIpc) is 2.67. The van der Waals surface area contributed by atoms with Gasteiger partial charge in [-0.2, -0.15) is 13.2 Å². The second kappa shape index (κ2) is 5.17. The standard InChI is InChI=1S/C15H13F3N2O/c1-4-7-19-9-12(15(16,17)18)14(21)20(19)13-6-5-10(2)8-11(13)3/h1,5-6,8-9H,7H2,2-3H3. The van der Waals surface area contributed by atoms with Crippen LogP contribution in [0.4, 0.5) is 13.2 Å². The van der Waals surface area contributed by atoms with Crippen LogP contribution in [0.25, 0.3) is 5.69 Å². The van der Waals surface area contributed by atoms with Gasteiger partial charge < -0.3 is 0 Å². The van der Waals surface area contributed by atoms with Crippen LogP contribution in [0.5, 0.6) is 0 Å². The molecule has 21 heavy (non-hydrogen) atoms. The second-order valence-corrected chi connectivity index (χ2v) is 4.75. The Balaban J connectivity index is 2.76. The Bertz CT molecular complexity index is 776. The molecule has 0 spiro atoms. The molecular weight excluding hydrogens is 281 g/mol. The molecule has 0 amide bonds. The van der Waals surface area contributed by atoms with Crippen LogP contribution in [0.1, 0.15) is 16.7 Å². The molecule has 0 atom stereocenters. The summed E-state index contributed by atoms with van der Waals surface area (Å²) < 4.78 is 40.7. The molecule has 0 radical (unpaired) electrons. The van der Waals surface area contributed by atoms with E-state index in [0.717, 1.165) is 21.1 Å². The molecule has 1 heterocycles. The van der Waals surface area contributed by atoms with Gasteiger partial charge in [0.2, 0.25) is 0 Å². The fourth-order valence-corrected chi connectivity index (χ4v) is 2.19. The number of nitrogens with zero attached hydrogens (tertiary/aromatic N) is 2. The molecule has 0 aliphatic carbocycles. The zero-order chi connectivity index (χ0) is 15.8. The number of hydrogen-bond donors (Lipinski definition) is 0. The molecule has 0 bridgehead atoms. The van der Waals surface area contributed by atoms with Crippen LogP contribution in [0, 0.1) is 26.2 Å². The fourth-order valence-electron chi connectivity index (χ4n) is 2.19. The SMILES string of the molecule is C#CCn1cc(C(F)(F)F)c(=O)n1-c1ccc(C)cc1C. The minimum absolute atomic E-state index is 0.126. The normalized spacial score (nSPS) is 11.4. The Morgan fingerprint density at radius 2 is 1.95 bits per heavy atom. The van der Waals surface area contributed by atoms with Crippen LogP contribution < -0.4 is 5.56 Å². The summed E-state index contributed by atoms with van der Waals surface area (Å²) in [6.45, 7) is 3.47. The minimum Gasteiger partial charge on any atom is -0.273 e. The van der Waals surface area contributed by atoms with Gasteiger partial charge in [-0.25, -0.2) is 4.68 Å². The highest BCUT2D eigenvalue weighted by molar-refractivity contribution is 5.42. The summed E-state index contributed by atoms with van der Waals surface area (Å²) in [7, 11) is 0. The number of halogens is 3. The Labute approximate surface area is 119 Å². The van der Waals surface area contributed by atoms with Crippen LogP contribution in [0.3, 0.4) is 0 Å². The van der Waals surface area contributed by atoms with Crippen LogP contribution in [-0.4, -0.2) is 9.36 Å². The molecule has 1 aromatic carbocycles. The Morgan fingerprint density at radius 3 is 2.48 bits per heavy atom. The molecule has 0 aliphatic heterocycles. The molecule has 0 saturated heterocycles. The second-order valence-electron chi connectivity index (χ2n) is 4.75. The van der Waals surface area contributed by atoms with E-state index in [1.54, 1.807) is 25.1 Å². The lowest BCUT2D eigenvalue weighted by Crippen LogP contribution is -2.25. The number of benzene rings is 1. The number of aromatic nitrogens is 2. The van der Waals surface area contributed by atoms with Crippen LogP contribution >= 0.6 is 0 Å². The molecule has 2 rings (SSSR count). The van der Waals surface area contributed by atoms with E-state index in [1.165, 1.54) is 0 Å². The summed E-state index contributed by atoms with van der Waals surface area (Å²) in [6.07, 6.45) is 1.21. The third-order valence-electron chi connectivity index (χ3n) is 3.10. The molecular formula is C15H13F3N2O. The van der Waals surface area contributed by atoms with Crippen molar-refractivity contribution < 1.29 is 13.2 Å². The fraction of sp³-hybridized carbons (Fsp3) is 0.267. The van der Waals surface area contributed by atoms with E-state index in [-0.39, 0.29) is 6.54 Å². The maximum absolute atomic E-state index is 12.9. The molecule has 2 aromatic rings. The molecule has 6 heteroatoms. The first-order valence-corrected chi connectivity index (χ1v) is 6.16. The highest BCUT2D eigenvalue weighted by Crippen LogP contribution is 2.27. The molecule has 110 valence electrons. The van der Waals surface area contributed by atoms with Crippen LogP contribution in [0.15, 0.2) is 29.2 Å². The van der Waals surface area contributed by atoms with Crippen molar-refractivity contribution in [1.29, 1.82) is 0 Å². The average molecular weight is 294 g/mol. The predicted molar refractivity (Wildman–Crippen MR) is 73.3 cm³/mol. The van der Waals surface area contributed by atoms with Gasteiger partial charge in [0.05, 0.1) is 12.2 Å². The summed E-state index contributed by atoms with van der Waals surface area (Å²) in [5, 5.41) is 0. The molecule has 0 N–H and O–H groups in total. The number of aryl methyl sites for hydroxylation is 2. The first-order valence-electron chi connectivity index (χ1n) is 6.16. The van der Waals surface area contributed by atoms with Crippen molar-refractivity contribution in [1.82, 2.24) is 9.36 Å². The summed E-state index contributed by atoms with van der Waals surface area (Å²) in [4.78, 5) is 12.1. The van der Waals surface area contributed by atoms with Gasteiger partial charge in [0.1, 0.15) is 5.56 Å². The Hall–Kier alpha value is -2.42. The smallest absolute Gasteiger partial charge is 0.273 e. The molecule has 3 nitrogen and oxygen atoms in total. The highest BCUT2D eigenvalue weighted by atomic mass is 19.4. The first-order chi connectivity index (χ1) is 9.75. The molecule has 0 fully saturated rings. The van der Waals surface area contributed by atoms with Crippen molar-refractivity contribution in [3.63, 3.8) is 0 Å². The van der Waals surface area contributed by atoms with Gasteiger partial charge in [0.15, 0.2) is 0 Å². The Kier molecular flexibility index (Phi) is 3.69. The highest BCUT2D eigenvalue weighted by Gasteiger charge is 2.37. The lowest BCUT2D eigenvalue weighted by Gasteiger charge is -2.12. The summed E-state index contributed by atoms with van der Waals surface area (Å²) >= 11 is 0. The third-order valence-corrected chi connectivity index (χ3v) is 3.10. The van der Waals surface area contributed by atoms with Crippen molar-refractivity contribution in [2.45, 2.75) is 26.6 Å². The van der Waals surface area contributed by atoms with Gasteiger partial charge in [0, 0.05) is 6.20 Å². The molecule has 0 saturated carbocycles. The van der Waals surface area contributed by atoms with Crippen molar-refractivity contribution in [2.24, 2.45) is 0 Å². The topological polar surface area (TPSA) is 26.9 Å². The summed E-state index contributed by atoms with van der Waals surface area (Å²) in [5.41, 5.74) is -0.309. The van der Waals surface area contributed by atoms with Crippen molar-refractivity contribution in [2.75, 3.05) is 0 Å². The zero-order valence-corrected chi connectivity index (χ0v) is 11.5. The van der Waals surface area contributed by atoms with E-state index in [9.17, 15) is 18.0 Å². The van der Waals surface area contributed by atoms with Gasteiger partial charge in [-0.3, -0.25) is 9.48 Å². The van der Waals surface area contributed by atoms with E-state index in [1.807, 2.05) is 6.92 Å². The van der Waals surface area contributed by atoms with E-state index in [4.69, 9.17) is 6.42 Å². The minimum atomic E-state index is -4.71. The molecule has 1 aromatic heterocycles. The Morgan fingerprint density at radius 1 is 1.29 bits per heavy atom. The largest absolute Gasteiger partial charge is 0.423 e. The molecule has 0 aliphatic rings. The van der Waals surface area contributed by atoms with Crippen molar-refractivity contribution in [3.05, 3.63) is 51.4 Å². The van der Waals surface area contributed by atoms with E-state index >= 15 is 0 Å². The maximum Gasteiger partial charge on any atom is 0.423 e. The van der Waals surface area contributed by atoms with E-state index in [2.05, 4.69) is 5.92 Å². The van der Waals surface area contributed by atoms with E-state index < -0.39 is 17.3 Å². The van der Waals surface area contributed by atoms with Crippen LogP contribution in [0.2, 0.25) is 0 Å². The monoisotopic (exact) mass is 294 g/mol. The van der Waals surface area contributed by atoms with Gasteiger partial charge >= 0.3 is 6.18 Å². The quantitative estimate of drug-likeness (QED) is 0.782. The number of alkyl halides is 3. The lowest BCUT2D eigenvalue weighted by molar-refractivity contribution is -0.138. The molecule has 0 unspecified atom stereocenters. The van der Waals surface area contributed by atoms with Crippen LogP contribution in [-0.2, 0) is 12.7 Å². The number of hydrogen-bond acceptors (Lipinski definition) is 1. The van der Waals surface area contributed by atoms with Gasteiger partial charge in [-0.05, 0) is 25.5 Å².